The van der Waals surface area contributed by atoms with Crippen LogP contribution in [0.4, 0.5) is 10.5 Å². The molecular weight excluding hydrogens is 342 g/mol. The maximum atomic E-state index is 13.1. The van der Waals surface area contributed by atoms with Gasteiger partial charge in [0.25, 0.3) is 0 Å². The minimum absolute atomic E-state index is 0.0644. The fourth-order valence-electron chi connectivity index (χ4n) is 3.95. The van der Waals surface area contributed by atoms with Crippen molar-refractivity contribution in [3.63, 3.8) is 0 Å². The first-order valence-corrected chi connectivity index (χ1v) is 9.54. The van der Waals surface area contributed by atoms with Crippen molar-refractivity contribution in [2.24, 2.45) is 0 Å². The van der Waals surface area contributed by atoms with Crippen molar-refractivity contribution in [3.8, 4) is 11.5 Å². The zero-order valence-corrected chi connectivity index (χ0v) is 15.1. The van der Waals surface area contributed by atoms with E-state index >= 15 is 0 Å². The molecule has 2 heterocycles. The van der Waals surface area contributed by atoms with Crippen LogP contribution in [0.25, 0.3) is 0 Å². The van der Waals surface area contributed by atoms with Gasteiger partial charge in [0, 0.05) is 37.4 Å². The largest absolute Gasteiger partial charge is 0.454 e. The second-order valence-electron chi connectivity index (χ2n) is 7.34. The Morgan fingerprint density at radius 2 is 1.81 bits per heavy atom. The van der Waals surface area contributed by atoms with Gasteiger partial charge >= 0.3 is 6.03 Å². The highest BCUT2D eigenvalue weighted by atomic mass is 16.7. The fraction of sp³-hybridized carbons (Fsp3) is 0.381. The molecule has 1 saturated carbocycles. The van der Waals surface area contributed by atoms with Gasteiger partial charge in [-0.15, -0.1) is 0 Å². The first-order chi connectivity index (χ1) is 13.3. The van der Waals surface area contributed by atoms with E-state index in [1.807, 2.05) is 41.3 Å². The number of carbonyl (C=O) groups excluding carboxylic acids is 1. The van der Waals surface area contributed by atoms with E-state index in [0.717, 1.165) is 25.3 Å². The van der Waals surface area contributed by atoms with E-state index < -0.39 is 0 Å². The van der Waals surface area contributed by atoms with Gasteiger partial charge in [-0.2, -0.15) is 0 Å². The Balaban J connectivity index is 1.35. The molecule has 0 aromatic heterocycles. The Morgan fingerprint density at radius 1 is 1.00 bits per heavy atom. The molecule has 1 unspecified atom stereocenters. The van der Waals surface area contributed by atoms with E-state index in [4.69, 9.17) is 9.47 Å². The van der Waals surface area contributed by atoms with Crippen molar-refractivity contribution in [1.29, 1.82) is 0 Å². The number of benzene rings is 2. The highest BCUT2D eigenvalue weighted by molar-refractivity contribution is 5.90. The Labute approximate surface area is 158 Å². The van der Waals surface area contributed by atoms with Crippen molar-refractivity contribution >= 4 is 11.7 Å². The summed E-state index contributed by atoms with van der Waals surface area (Å²) < 4.78 is 10.7. The lowest BCUT2D eigenvalue weighted by molar-refractivity contribution is 0.0954. The Bertz CT molecular complexity index is 838. The second-order valence-corrected chi connectivity index (χ2v) is 7.34. The highest BCUT2D eigenvalue weighted by Gasteiger charge is 2.37. The summed E-state index contributed by atoms with van der Waals surface area (Å²) in [6, 6.07) is 16.5. The molecule has 0 spiro atoms. The number of hydrogen-bond donors (Lipinski definition) is 1. The summed E-state index contributed by atoms with van der Waals surface area (Å²) in [5.41, 5.74) is 1.91. The summed E-state index contributed by atoms with van der Waals surface area (Å²) in [4.78, 5) is 17.6. The van der Waals surface area contributed by atoms with Gasteiger partial charge in [-0.25, -0.2) is 4.79 Å². The smallest absolute Gasteiger partial charge is 0.322 e. The van der Waals surface area contributed by atoms with Crippen LogP contribution in [0.2, 0.25) is 0 Å². The minimum Gasteiger partial charge on any atom is -0.454 e. The van der Waals surface area contributed by atoms with E-state index in [1.165, 1.54) is 18.4 Å². The number of anilines is 1. The molecule has 140 valence electrons. The monoisotopic (exact) mass is 365 g/mol. The van der Waals surface area contributed by atoms with Gasteiger partial charge in [0.15, 0.2) is 11.5 Å². The lowest BCUT2D eigenvalue weighted by Crippen LogP contribution is -2.52. The van der Waals surface area contributed by atoms with Crippen molar-refractivity contribution in [2.75, 3.05) is 31.7 Å². The Hall–Kier alpha value is -2.73. The van der Waals surface area contributed by atoms with Crippen LogP contribution >= 0.6 is 0 Å². The number of rotatable bonds is 3. The normalized spacial score (nSPS) is 21.9. The number of nitrogens with one attached hydrogen (secondary N) is 1. The van der Waals surface area contributed by atoms with E-state index in [0.29, 0.717) is 17.5 Å². The Morgan fingerprint density at radius 3 is 2.63 bits per heavy atom. The lowest BCUT2D eigenvalue weighted by Gasteiger charge is -2.41. The van der Waals surface area contributed by atoms with Crippen LogP contribution in [0, 0.1) is 0 Å². The third-order valence-electron chi connectivity index (χ3n) is 5.54. The number of fused-ring (bicyclic) bond motifs is 1. The first kappa shape index (κ1) is 16.4. The van der Waals surface area contributed by atoms with Crippen LogP contribution in [0.15, 0.2) is 48.5 Å². The zero-order valence-electron chi connectivity index (χ0n) is 15.1. The Kier molecular flexibility index (Phi) is 4.13. The quantitative estimate of drug-likeness (QED) is 0.905. The summed E-state index contributed by atoms with van der Waals surface area (Å²) in [5.74, 6) is 1.39. The second kappa shape index (κ2) is 6.78. The average Bonchev–Trinajstić information content (AvgIpc) is 3.46. The van der Waals surface area contributed by atoms with Gasteiger partial charge in [-0.1, -0.05) is 30.3 Å². The summed E-state index contributed by atoms with van der Waals surface area (Å²) in [6.07, 6.45) is 2.57. The lowest BCUT2D eigenvalue weighted by atomic mass is 10.0. The molecule has 3 aliphatic rings. The number of nitrogens with zero attached hydrogens (tertiary/aromatic N) is 2. The van der Waals surface area contributed by atoms with Crippen molar-refractivity contribution in [2.45, 2.75) is 24.9 Å². The third kappa shape index (κ3) is 3.32. The molecule has 27 heavy (non-hydrogen) atoms. The topological polar surface area (TPSA) is 54.0 Å². The number of carbonyl (C=O) groups is 1. The first-order valence-electron chi connectivity index (χ1n) is 9.54. The molecular formula is C21H23N3O3. The molecule has 2 fully saturated rings. The molecule has 1 aliphatic carbocycles. The van der Waals surface area contributed by atoms with Crippen LogP contribution in [0.5, 0.6) is 11.5 Å². The van der Waals surface area contributed by atoms with E-state index in [-0.39, 0.29) is 18.9 Å². The van der Waals surface area contributed by atoms with E-state index in [2.05, 4.69) is 22.3 Å². The molecule has 6 heteroatoms. The van der Waals surface area contributed by atoms with Gasteiger partial charge in [0.2, 0.25) is 6.79 Å². The highest BCUT2D eigenvalue weighted by Crippen LogP contribution is 2.36. The molecule has 2 amide bonds. The third-order valence-corrected chi connectivity index (χ3v) is 5.54. The van der Waals surface area contributed by atoms with Gasteiger partial charge in [0.1, 0.15) is 0 Å². The molecule has 0 bridgehead atoms. The number of piperazine rings is 1. The fourth-order valence-corrected chi connectivity index (χ4v) is 3.95. The summed E-state index contributed by atoms with van der Waals surface area (Å²) in [5, 5.41) is 3.03. The predicted octanol–water partition coefficient (Wildman–Crippen LogP) is 3.47. The van der Waals surface area contributed by atoms with Crippen molar-refractivity contribution in [3.05, 3.63) is 54.1 Å². The maximum absolute atomic E-state index is 13.1. The van der Waals surface area contributed by atoms with Gasteiger partial charge in [0.05, 0.1) is 6.04 Å². The molecule has 1 atom stereocenters. The summed E-state index contributed by atoms with van der Waals surface area (Å²) in [7, 11) is 0. The van der Waals surface area contributed by atoms with Gasteiger partial charge in [-0.3, -0.25) is 4.90 Å². The molecule has 2 aliphatic heterocycles. The molecule has 0 radical (unpaired) electrons. The SMILES string of the molecule is O=C(Nc1ccc2c(c1)OCO2)N1CCN(C2CC2)CC1c1ccccc1. The number of ether oxygens (including phenoxy) is 2. The van der Waals surface area contributed by atoms with E-state index in [9.17, 15) is 4.79 Å². The van der Waals surface area contributed by atoms with Crippen molar-refractivity contribution in [1.82, 2.24) is 9.80 Å². The standard InChI is InChI=1S/C21H23N3O3/c25-21(22-16-6-9-19-20(12-16)27-14-26-19)24-11-10-23(17-7-8-17)13-18(24)15-4-2-1-3-5-15/h1-6,9,12,17-18H,7-8,10-11,13-14H2,(H,22,25). The molecule has 2 aromatic carbocycles. The average molecular weight is 365 g/mol. The molecule has 1 N–H and O–H groups in total. The predicted molar refractivity (Wildman–Crippen MR) is 102 cm³/mol. The summed E-state index contributed by atoms with van der Waals surface area (Å²) >= 11 is 0. The number of urea groups is 1. The summed E-state index contributed by atoms with van der Waals surface area (Å²) in [6.45, 7) is 2.78. The molecule has 6 nitrogen and oxygen atoms in total. The van der Waals surface area contributed by atoms with Crippen LogP contribution in [0.3, 0.4) is 0 Å². The van der Waals surface area contributed by atoms with Crippen LogP contribution in [-0.2, 0) is 0 Å². The van der Waals surface area contributed by atoms with Crippen LogP contribution in [-0.4, -0.2) is 48.3 Å². The number of hydrogen-bond acceptors (Lipinski definition) is 4. The van der Waals surface area contributed by atoms with Gasteiger partial charge < -0.3 is 19.7 Å². The molecule has 2 aromatic rings. The molecule has 1 saturated heterocycles. The van der Waals surface area contributed by atoms with Crippen molar-refractivity contribution < 1.29 is 14.3 Å². The zero-order chi connectivity index (χ0) is 18.2. The van der Waals surface area contributed by atoms with Gasteiger partial charge in [-0.05, 0) is 30.5 Å². The molecule has 5 rings (SSSR count). The maximum Gasteiger partial charge on any atom is 0.322 e. The van der Waals surface area contributed by atoms with E-state index in [1.54, 1.807) is 0 Å². The van der Waals surface area contributed by atoms with Crippen LogP contribution < -0.4 is 14.8 Å². The minimum atomic E-state index is -0.0711. The van der Waals surface area contributed by atoms with Crippen LogP contribution in [0.1, 0.15) is 24.4 Å². The number of amides is 2.